The molecular formula is C55H37N3O2. The van der Waals surface area contributed by atoms with E-state index in [1.54, 1.807) is 0 Å². The SMILES string of the molecule is CC1(C)c2ccccc2-c2ccc(N(c3ccccc3)c3ccc(-c4cc(-c5nc(-c6ccccc6)c6oc7ccccc7c6n5)cc5oc6ccccc6c45)cc3)cc21. The topological polar surface area (TPSA) is 55.3 Å². The van der Waals surface area contributed by atoms with Crippen molar-refractivity contribution in [3.63, 3.8) is 0 Å². The highest BCUT2D eigenvalue weighted by Crippen LogP contribution is 2.51. The largest absolute Gasteiger partial charge is 0.456 e. The summed E-state index contributed by atoms with van der Waals surface area (Å²) in [5.41, 5.74) is 17.0. The van der Waals surface area contributed by atoms with E-state index in [1.807, 2.05) is 48.5 Å². The van der Waals surface area contributed by atoms with Crippen LogP contribution >= 0.6 is 0 Å². The standard InChI is InChI=1S/C55H37N3O2/c1-55(2)45-22-12-9-19-40(45)41-30-29-39(33-46(41)55)58(37-17-7-4-8-18-37)38-27-25-34(26-28-38)44-31-36(32-49-50(44)42-20-10-13-23-47(42)59-49)54-56-51(35-15-5-3-6-16-35)53-52(57-54)43-21-11-14-24-48(43)60-53/h3-33H,1-2H3. The zero-order chi connectivity index (χ0) is 40.0. The third-order valence-electron chi connectivity index (χ3n) is 12.3. The van der Waals surface area contributed by atoms with Crippen molar-refractivity contribution >= 4 is 61.1 Å². The van der Waals surface area contributed by atoms with Gasteiger partial charge in [-0.2, -0.15) is 0 Å². The van der Waals surface area contributed by atoms with Crippen molar-refractivity contribution in [1.29, 1.82) is 0 Å². The molecule has 0 radical (unpaired) electrons. The Labute approximate surface area is 346 Å². The summed E-state index contributed by atoms with van der Waals surface area (Å²) in [4.78, 5) is 12.8. The maximum absolute atomic E-state index is 6.61. The first-order valence-corrected chi connectivity index (χ1v) is 20.4. The molecule has 5 heteroatoms. The molecule has 0 saturated carbocycles. The van der Waals surface area contributed by atoms with Crippen LogP contribution in [0.25, 0.3) is 88.9 Å². The fourth-order valence-corrected chi connectivity index (χ4v) is 9.37. The molecular weight excluding hydrogens is 735 g/mol. The number of fused-ring (bicyclic) bond motifs is 9. The number of para-hydroxylation sites is 3. The van der Waals surface area contributed by atoms with E-state index >= 15 is 0 Å². The quantitative estimate of drug-likeness (QED) is 0.168. The third kappa shape index (κ3) is 5.26. The minimum atomic E-state index is -0.112. The summed E-state index contributed by atoms with van der Waals surface area (Å²) < 4.78 is 13.0. The van der Waals surface area contributed by atoms with E-state index in [-0.39, 0.29) is 5.41 Å². The fourth-order valence-electron chi connectivity index (χ4n) is 9.37. The minimum Gasteiger partial charge on any atom is -0.456 e. The Morgan fingerprint density at radius 2 is 1.07 bits per heavy atom. The summed E-state index contributed by atoms with van der Waals surface area (Å²) in [6, 6.07) is 66.0. The van der Waals surface area contributed by atoms with Crippen LogP contribution in [-0.2, 0) is 5.41 Å². The Bertz CT molecular complexity index is 3450. The highest BCUT2D eigenvalue weighted by molar-refractivity contribution is 6.14. The fraction of sp³-hybridized carbons (Fsp3) is 0.0545. The van der Waals surface area contributed by atoms with E-state index in [2.05, 4.69) is 158 Å². The molecule has 0 atom stereocenters. The monoisotopic (exact) mass is 771 g/mol. The Kier molecular flexibility index (Phi) is 7.51. The summed E-state index contributed by atoms with van der Waals surface area (Å²) >= 11 is 0. The van der Waals surface area contributed by atoms with Crippen molar-refractivity contribution in [3.8, 4) is 44.9 Å². The van der Waals surface area contributed by atoms with E-state index < -0.39 is 0 Å². The number of aromatic nitrogens is 2. The molecule has 60 heavy (non-hydrogen) atoms. The third-order valence-corrected chi connectivity index (χ3v) is 12.3. The number of furan rings is 2. The molecule has 0 N–H and O–H groups in total. The van der Waals surface area contributed by atoms with Crippen LogP contribution < -0.4 is 4.90 Å². The summed E-state index contributed by atoms with van der Waals surface area (Å²) in [6.07, 6.45) is 0. The molecule has 284 valence electrons. The molecule has 0 saturated heterocycles. The van der Waals surface area contributed by atoms with Crippen LogP contribution in [0, 0.1) is 0 Å². The molecule has 0 unspecified atom stereocenters. The maximum Gasteiger partial charge on any atom is 0.180 e. The van der Waals surface area contributed by atoms with Crippen LogP contribution in [-0.4, -0.2) is 9.97 Å². The van der Waals surface area contributed by atoms with E-state index in [1.165, 1.54) is 22.3 Å². The molecule has 0 amide bonds. The van der Waals surface area contributed by atoms with Crippen molar-refractivity contribution in [2.45, 2.75) is 19.3 Å². The van der Waals surface area contributed by atoms with Crippen LogP contribution in [0.4, 0.5) is 17.1 Å². The van der Waals surface area contributed by atoms with Gasteiger partial charge in [0.15, 0.2) is 11.4 Å². The van der Waals surface area contributed by atoms with Crippen LogP contribution in [0.1, 0.15) is 25.0 Å². The number of rotatable bonds is 6. The maximum atomic E-state index is 6.61. The van der Waals surface area contributed by atoms with E-state index in [9.17, 15) is 0 Å². The van der Waals surface area contributed by atoms with Crippen molar-refractivity contribution in [3.05, 3.63) is 199 Å². The first-order valence-electron chi connectivity index (χ1n) is 20.4. The van der Waals surface area contributed by atoms with Gasteiger partial charge < -0.3 is 13.7 Å². The number of hydrogen-bond donors (Lipinski definition) is 0. The van der Waals surface area contributed by atoms with Gasteiger partial charge in [-0.25, -0.2) is 9.97 Å². The van der Waals surface area contributed by atoms with Gasteiger partial charge >= 0.3 is 0 Å². The van der Waals surface area contributed by atoms with E-state index in [4.69, 9.17) is 18.8 Å². The highest BCUT2D eigenvalue weighted by atomic mass is 16.3. The van der Waals surface area contributed by atoms with Gasteiger partial charge in [-0.1, -0.05) is 135 Å². The van der Waals surface area contributed by atoms with Gasteiger partial charge in [0.2, 0.25) is 0 Å². The molecule has 0 bridgehead atoms. The summed E-state index contributed by atoms with van der Waals surface area (Å²) in [6.45, 7) is 4.67. The first-order chi connectivity index (χ1) is 29.5. The Morgan fingerprint density at radius 3 is 1.87 bits per heavy atom. The molecule has 8 aromatic carbocycles. The number of benzene rings is 8. The predicted molar refractivity (Wildman–Crippen MR) is 245 cm³/mol. The van der Waals surface area contributed by atoms with Crippen molar-refractivity contribution in [2.24, 2.45) is 0 Å². The van der Waals surface area contributed by atoms with Gasteiger partial charge in [-0.15, -0.1) is 0 Å². The molecule has 0 fully saturated rings. The number of anilines is 3. The van der Waals surface area contributed by atoms with Crippen molar-refractivity contribution in [1.82, 2.24) is 9.97 Å². The normalized spacial score (nSPS) is 13.0. The second-order valence-electron chi connectivity index (χ2n) is 16.2. The van der Waals surface area contributed by atoms with Crippen molar-refractivity contribution < 1.29 is 8.83 Å². The van der Waals surface area contributed by atoms with Gasteiger partial charge in [0.05, 0.1) is 0 Å². The second kappa shape index (κ2) is 13.1. The van der Waals surface area contributed by atoms with Gasteiger partial charge in [0.1, 0.15) is 28.0 Å². The zero-order valence-corrected chi connectivity index (χ0v) is 33.1. The lowest BCUT2D eigenvalue weighted by molar-refractivity contribution is 0.660. The number of hydrogen-bond acceptors (Lipinski definition) is 5. The lowest BCUT2D eigenvalue weighted by Gasteiger charge is -2.28. The van der Waals surface area contributed by atoms with E-state index in [0.29, 0.717) is 11.4 Å². The average molecular weight is 772 g/mol. The minimum absolute atomic E-state index is 0.112. The van der Waals surface area contributed by atoms with Crippen LogP contribution in [0.2, 0.25) is 0 Å². The molecule has 0 aliphatic heterocycles. The smallest absolute Gasteiger partial charge is 0.180 e. The Morgan fingerprint density at radius 1 is 0.433 bits per heavy atom. The molecule has 3 heterocycles. The molecule has 5 nitrogen and oxygen atoms in total. The summed E-state index contributed by atoms with van der Waals surface area (Å²) in [7, 11) is 0. The van der Waals surface area contributed by atoms with Crippen LogP contribution in [0.5, 0.6) is 0 Å². The van der Waals surface area contributed by atoms with Gasteiger partial charge in [-0.05, 0) is 100 Å². The van der Waals surface area contributed by atoms with Crippen LogP contribution in [0.3, 0.4) is 0 Å². The van der Waals surface area contributed by atoms with Crippen LogP contribution in [0.15, 0.2) is 197 Å². The Hall–Kier alpha value is -7.76. The summed E-state index contributed by atoms with van der Waals surface area (Å²) in [5.74, 6) is 0.602. The summed E-state index contributed by atoms with van der Waals surface area (Å²) in [5, 5.41) is 3.07. The average Bonchev–Trinajstić information content (AvgIpc) is 3.94. The predicted octanol–water partition coefficient (Wildman–Crippen LogP) is 15.1. The molecule has 1 aliphatic carbocycles. The molecule has 12 rings (SSSR count). The lowest BCUT2D eigenvalue weighted by Crippen LogP contribution is -2.16. The Balaban J connectivity index is 1.03. The van der Waals surface area contributed by atoms with Crippen molar-refractivity contribution in [2.75, 3.05) is 4.90 Å². The molecule has 1 aliphatic rings. The van der Waals surface area contributed by atoms with Gasteiger partial charge in [0.25, 0.3) is 0 Å². The second-order valence-corrected chi connectivity index (χ2v) is 16.2. The zero-order valence-electron chi connectivity index (χ0n) is 33.1. The molecule has 3 aromatic heterocycles. The van der Waals surface area contributed by atoms with Gasteiger partial charge in [0, 0.05) is 49.8 Å². The molecule has 11 aromatic rings. The lowest BCUT2D eigenvalue weighted by atomic mass is 9.82. The number of nitrogens with zero attached hydrogens (tertiary/aromatic N) is 3. The highest BCUT2D eigenvalue weighted by Gasteiger charge is 2.35. The molecule has 0 spiro atoms. The first kappa shape index (κ1) is 34.3. The van der Waals surface area contributed by atoms with Gasteiger partial charge in [-0.3, -0.25) is 0 Å². The van der Waals surface area contributed by atoms with E-state index in [0.717, 1.165) is 83.4 Å².